The molecule has 0 radical (unpaired) electrons. The van der Waals surface area contributed by atoms with Crippen LogP contribution in [0.1, 0.15) is 21.7 Å². The Morgan fingerprint density at radius 1 is 1.17 bits per heavy atom. The van der Waals surface area contributed by atoms with Crippen LogP contribution < -0.4 is 5.48 Å². The van der Waals surface area contributed by atoms with Crippen molar-refractivity contribution in [1.29, 1.82) is 0 Å². The zero-order valence-electron chi connectivity index (χ0n) is 12.3. The molecule has 2 aromatic carbocycles. The van der Waals surface area contributed by atoms with Crippen molar-refractivity contribution in [2.75, 3.05) is 0 Å². The molecule has 0 atom stereocenters. The molecule has 3 rings (SSSR count). The fraction of sp³-hybridized carbons (Fsp3) is 0.0625. The first-order valence-electron chi connectivity index (χ1n) is 6.97. The van der Waals surface area contributed by atoms with Gasteiger partial charge in [-0.1, -0.05) is 35.3 Å². The van der Waals surface area contributed by atoms with E-state index in [2.05, 4.69) is 10.2 Å². The van der Waals surface area contributed by atoms with Crippen LogP contribution in [0.5, 0.6) is 0 Å². The standard InChI is InChI=1S/C16H12Cl2N4O2/c17-10-5-6-14(22-9-19-21-15(22)8-20-24)12(7-10)16(23)11-3-1-2-4-13(11)18/h1-7,9,20,24H,8H2. The number of nitrogens with zero attached hydrogens (tertiary/aromatic N) is 3. The minimum Gasteiger partial charge on any atom is -0.316 e. The minimum atomic E-state index is -0.269. The Morgan fingerprint density at radius 3 is 2.71 bits per heavy atom. The number of carbonyl (C=O) groups is 1. The highest BCUT2D eigenvalue weighted by atomic mass is 35.5. The molecule has 3 aromatic rings. The number of hydroxylamine groups is 1. The van der Waals surface area contributed by atoms with Gasteiger partial charge in [-0.05, 0) is 30.3 Å². The molecule has 2 N–H and O–H groups in total. The van der Waals surface area contributed by atoms with Crippen LogP contribution in [0.2, 0.25) is 10.0 Å². The van der Waals surface area contributed by atoms with Gasteiger partial charge in [0, 0.05) is 16.1 Å². The third-order valence-corrected chi connectivity index (χ3v) is 4.00. The SMILES string of the molecule is O=C(c1ccccc1Cl)c1cc(Cl)ccc1-n1cnnc1CNO. The fourth-order valence-electron chi connectivity index (χ4n) is 2.34. The van der Waals surface area contributed by atoms with Gasteiger partial charge in [0.1, 0.15) is 6.33 Å². The molecule has 0 amide bonds. The smallest absolute Gasteiger partial charge is 0.196 e. The lowest BCUT2D eigenvalue weighted by atomic mass is 10.0. The fourth-order valence-corrected chi connectivity index (χ4v) is 2.74. The number of hydrogen-bond acceptors (Lipinski definition) is 5. The number of carbonyl (C=O) groups excluding carboxylic acids is 1. The Balaban J connectivity index is 2.15. The highest BCUT2D eigenvalue weighted by Gasteiger charge is 2.19. The van der Waals surface area contributed by atoms with Crippen molar-refractivity contribution in [3.05, 3.63) is 75.8 Å². The van der Waals surface area contributed by atoms with Crippen molar-refractivity contribution >= 4 is 29.0 Å². The molecule has 8 heteroatoms. The molecule has 0 aliphatic carbocycles. The number of halogens is 2. The summed E-state index contributed by atoms with van der Waals surface area (Å²) in [6.45, 7) is 0.0718. The van der Waals surface area contributed by atoms with Gasteiger partial charge in [-0.3, -0.25) is 9.36 Å². The van der Waals surface area contributed by atoms with Gasteiger partial charge in [0.2, 0.25) is 0 Å². The molecular formula is C16H12Cl2N4O2. The van der Waals surface area contributed by atoms with Crippen molar-refractivity contribution in [1.82, 2.24) is 20.2 Å². The second-order valence-electron chi connectivity index (χ2n) is 4.92. The van der Waals surface area contributed by atoms with E-state index in [4.69, 9.17) is 28.4 Å². The van der Waals surface area contributed by atoms with Gasteiger partial charge < -0.3 is 5.21 Å². The highest BCUT2D eigenvalue weighted by Crippen LogP contribution is 2.26. The third kappa shape index (κ3) is 3.18. The predicted octanol–water partition coefficient (Wildman–Crippen LogP) is 3.28. The van der Waals surface area contributed by atoms with Crippen molar-refractivity contribution in [2.24, 2.45) is 0 Å². The van der Waals surface area contributed by atoms with Crippen molar-refractivity contribution < 1.29 is 10.0 Å². The molecule has 0 saturated heterocycles. The summed E-state index contributed by atoms with van der Waals surface area (Å²) < 4.78 is 1.60. The normalized spacial score (nSPS) is 10.8. The molecule has 0 aliphatic heterocycles. The van der Waals surface area contributed by atoms with Crippen LogP contribution in [-0.2, 0) is 6.54 Å². The Labute approximate surface area is 147 Å². The summed E-state index contributed by atoms with van der Waals surface area (Å²) in [4.78, 5) is 12.9. The van der Waals surface area contributed by atoms with E-state index in [9.17, 15) is 4.79 Å². The number of ketones is 1. The predicted molar refractivity (Wildman–Crippen MR) is 89.9 cm³/mol. The van der Waals surface area contributed by atoms with Crippen molar-refractivity contribution in [3.8, 4) is 5.69 Å². The van der Waals surface area contributed by atoms with Gasteiger partial charge in [0.15, 0.2) is 11.6 Å². The minimum absolute atomic E-state index is 0.0718. The summed E-state index contributed by atoms with van der Waals surface area (Å²) in [5.74, 6) is 0.169. The lowest BCUT2D eigenvalue weighted by Crippen LogP contribution is -2.14. The molecule has 0 bridgehead atoms. The maximum Gasteiger partial charge on any atom is 0.196 e. The van der Waals surface area contributed by atoms with Crippen LogP contribution in [0.15, 0.2) is 48.8 Å². The molecule has 1 heterocycles. The van der Waals surface area contributed by atoms with E-state index in [1.807, 2.05) is 5.48 Å². The first-order valence-corrected chi connectivity index (χ1v) is 7.72. The lowest BCUT2D eigenvalue weighted by Gasteiger charge is -2.12. The average Bonchev–Trinajstić information content (AvgIpc) is 3.03. The second-order valence-corrected chi connectivity index (χ2v) is 5.77. The zero-order chi connectivity index (χ0) is 17.1. The van der Waals surface area contributed by atoms with E-state index in [-0.39, 0.29) is 12.3 Å². The molecule has 0 saturated carbocycles. The molecule has 0 aliphatic rings. The Hall–Kier alpha value is -2.25. The molecule has 0 fully saturated rings. The van der Waals surface area contributed by atoms with E-state index in [1.54, 1.807) is 47.0 Å². The quantitative estimate of drug-likeness (QED) is 0.537. The van der Waals surface area contributed by atoms with Crippen molar-refractivity contribution in [3.63, 3.8) is 0 Å². The average molecular weight is 363 g/mol. The number of benzene rings is 2. The Bertz CT molecular complexity index is 895. The van der Waals surface area contributed by atoms with E-state index in [0.717, 1.165) is 0 Å². The van der Waals surface area contributed by atoms with Gasteiger partial charge >= 0.3 is 0 Å². The van der Waals surface area contributed by atoms with Gasteiger partial charge in [0.25, 0.3) is 0 Å². The topological polar surface area (TPSA) is 80.0 Å². The largest absolute Gasteiger partial charge is 0.316 e. The number of nitrogens with one attached hydrogen (secondary N) is 1. The molecule has 24 heavy (non-hydrogen) atoms. The molecule has 122 valence electrons. The molecule has 1 aromatic heterocycles. The maximum atomic E-state index is 12.9. The van der Waals surface area contributed by atoms with Crippen LogP contribution in [0.25, 0.3) is 5.69 Å². The molecule has 6 nitrogen and oxygen atoms in total. The van der Waals surface area contributed by atoms with Gasteiger partial charge in [-0.15, -0.1) is 10.2 Å². The molecule has 0 spiro atoms. The Kier molecular flexibility index (Phi) is 4.92. The van der Waals surface area contributed by atoms with Crippen LogP contribution in [0.4, 0.5) is 0 Å². The Morgan fingerprint density at radius 2 is 1.96 bits per heavy atom. The zero-order valence-corrected chi connectivity index (χ0v) is 13.8. The van der Waals surface area contributed by atoms with Gasteiger partial charge in [-0.2, -0.15) is 5.48 Å². The number of hydrogen-bond donors (Lipinski definition) is 2. The maximum absolute atomic E-state index is 12.9. The first kappa shape index (κ1) is 16.6. The summed E-state index contributed by atoms with van der Waals surface area (Å²) in [6.07, 6.45) is 1.46. The van der Waals surface area contributed by atoms with Gasteiger partial charge in [0.05, 0.1) is 17.3 Å². The number of rotatable bonds is 5. The summed E-state index contributed by atoms with van der Waals surface area (Å²) in [5, 5.41) is 17.4. The van der Waals surface area contributed by atoms with Crippen molar-refractivity contribution in [2.45, 2.75) is 6.54 Å². The van der Waals surface area contributed by atoms with E-state index in [0.29, 0.717) is 32.7 Å². The van der Waals surface area contributed by atoms with E-state index in [1.165, 1.54) is 6.33 Å². The van der Waals surface area contributed by atoms with Crippen LogP contribution >= 0.6 is 23.2 Å². The molecule has 0 unspecified atom stereocenters. The monoisotopic (exact) mass is 362 g/mol. The summed E-state index contributed by atoms with van der Waals surface area (Å²) >= 11 is 12.2. The number of aromatic nitrogens is 3. The lowest BCUT2D eigenvalue weighted by molar-refractivity contribution is 0.103. The summed E-state index contributed by atoms with van der Waals surface area (Å²) in [7, 11) is 0. The van der Waals surface area contributed by atoms with E-state index < -0.39 is 0 Å². The van der Waals surface area contributed by atoms with Crippen LogP contribution in [0.3, 0.4) is 0 Å². The van der Waals surface area contributed by atoms with E-state index >= 15 is 0 Å². The van der Waals surface area contributed by atoms with Crippen LogP contribution in [0, 0.1) is 0 Å². The third-order valence-electron chi connectivity index (χ3n) is 3.44. The highest BCUT2D eigenvalue weighted by molar-refractivity contribution is 6.35. The van der Waals surface area contributed by atoms with Crippen LogP contribution in [-0.4, -0.2) is 25.8 Å². The second kappa shape index (κ2) is 7.11. The molecular weight excluding hydrogens is 351 g/mol. The van der Waals surface area contributed by atoms with Gasteiger partial charge in [-0.25, -0.2) is 0 Å². The first-order chi connectivity index (χ1) is 11.6. The summed E-state index contributed by atoms with van der Waals surface area (Å²) in [5.41, 5.74) is 3.30. The summed E-state index contributed by atoms with van der Waals surface area (Å²) in [6, 6.07) is 11.7.